The normalized spacial score (nSPS) is 35.0. The quantitative estimate of drug-likeness (QED) is 0.390. The van der Waals surface area contributed by atoms with Crippen molar-refractivity contribution in [2.24, 2.45) is 28.8 Å². The molecule has 0 amide bonds. The van der Waals surface area contributed by atoms with Crippen LogP contribution < -0.4 is 10.7 Å². The standard InChI is InChI=1S/C17H20N4S/c22-17(21-19-10-11-3-2-6-18-9-11)20-16-8-12-7-15(16)14-5-1-4-13(12)14/h1-3,5-6,9-10,12-16H,4,7-8H2,(H2,20,21,22)/b19-10-/t12-,13-,14+,15+,16+/m0/s1. The Kier molecular flexibility index (Phi) is 3.66. The predicted octanol–water partition coefficient (Wildman–Crippen LogP) is 2.48. The van der Waals surface area contributed by atoms with Gasteiger partial charge in [0.1, 0.15) is 0 Å². The number of nitrogens with zero attached hydrogens (tertiary/aromatic N) is 2. The molecule has 114 valence electrons. The third kappa shape index (κ3) is 2.54. The highest BCUT2D eigenvalue weighted by atomic mass is 32.1. The molecule has 22 heavy (non-hydrogen) atoms. The van der Waals surface area contributed by atoms with Crippen molar-refractivity contribution in [2.45, 2.75) is 25.3 Å². The van der Waals surface area contributed by atoms with Crippen molar-refractivity contribution in [3.63, 3.8) is 0 Å². The molecule has 0 unspecified atom stereocenters. The van der Waals surface area contributed by atoms with Crippen LogP contribution in [0.2, 0.25) is 0 Å². The van der Waals surface area contributed by atoms with Crippen LogP contribution >= 0.6 is 12.2 Å². The van der Waals surface area contributed by atoms with Crippen molar-refractivity contribution in [3.8, 4) is 0 Å². The molecule has 1 heterocycles. The molecule has 5 atom stereocenters. The fourth-order valence-corrected chi connectivity index (χ4v) is 4.73. The predicted molar refractivity (Wildman–Crippen MR) is 91.4 cm³/mol. The molecule has 2 fully saturated rings. The number of hydrazone groups is 1. The van der Waals surface area contributed by atoms with E-state index in [1.165, 1.54) is 19.3 Å². The second-order valence-electron chi connectivity index (χ2n) is 6.54. The number of hydrogen-bond acceptors (Lipinski definition) is 3. The molecule has 2 bridgehead atoms. The Morgan fingerprint density at radius 2 is 2.32 bits per heavy atom. The summed E-state index contributed by atoms with van der Waals surface area (Å²) in [6.07, 6.45) is 13.9. The molecule has 4 rings (SSSR count). The number of rotatable bonds is 3. The summed E-state index contributed by atoms with van der Waals surface area (Å²) < 4.78 is 0. The fourth-order valence-electron chi connectivity index (χ4n) is 4.53. The van der Waals surface area contributed by atoms with Crippen molar-refractivity contribution in [2.75, 3.05) is 0 Å². The van der Waals surface area contributed by atoms with Crippen LogP contribution in [-0.2, 0) is 0 Å². The minimum Gasteiger partial charge on any atom is -0.358 e. The molecule has 3 aliphatic rings. The Bertz CT molecular complexity index is 612. The largest absolute Gasteiger partial charge is 0.358 e. The van der Waals surface area contributed by atoms with Crippen molar-refractivity contribution in [3.05, 3.63) is 42.2 Å². The van der Waals surface area contributed by atoms with Crippen LogP contribution in [0.5, 0.6) is 0 Å². The maximum atomic E-state index is 5.37. The van der Waals surface area contributed by atoms with Gasteiger partial charge < -0.3 is 5.32 Å². The summed E-state index contributed by atoms with van der Waals surface area (Å²) in [4.78, 5) is 4.05. The van der Waals surface area contributed by atoms with E-state index in [0.29, 0.717) is 11.2 Å². The number of aromatic nitrogens is 1. The van der Waals surface area contributed by atoms with E-state index in [1.54, 1.807) is 18.6 Å². The molecule has 1 aromatic heterocycles. The fraction of sp³-hybridized carbons (Fsp3) is 0.471. The molecule has 0 aliphatic heterocycles. The van der Waals surface area contributed by atoms with Crippen molar-refractivity contribution in [1.82, 2.24) is 15.7 Å². The van der Waals surface area contributed by atoms with Gasteiger partial charge in [0.2, 0.25) is 0 Å². The van der Waals surface area contributed by atoms with Gasteiger partial charge in [-0.2, -0.15) is 5.10 Å². The summed E-state index contributed by atoms with van der Waals surface area (Å²) in [5, 5.41) is 8.27. The average molecular weight is 312 g/mol. The third-order valence-corrected chi connectivity index (χ3v) is 5.60. The molecule has 0 radical (unpaired) electrons. The van der Waals surface area contributed by atoms with Gasteiger partial charge in [-0.1, -0.05) is 18.2 Å². The molecular weight excluding hydrogens is 292 g/mol. The van der Waals surface area contributed by atoms with E-state index in [9.17, 15) is 0 Å². The summed E-state index contributed by atoms with van der Waals surface area (Å²) in [6, 6.07) is 4.35. The highest BCUT2D eigenvalue weighted by Crippen LogP contribution is 2.56. The molecule has 2 N–H and O–H groups in total. The molecule has 1 aromatic rings. The van der Waals surface area contributed by atoms with Gasteiger partial charge in [0, 0.05) is 24.0 Å². The Morgan fingerprint density at radius 1 is 1.36 bits per heavy atom. The second kappa shape index (κ2) is 5.80. The first-order valence-electron chi connectivity index (χ1n) is 7.97. The Labute approximate surface area is 136 Å². The van der Waals surface area contributed by atoms with E-state index in [2.05, 4.69) is 33.0 Å². The van der Waals surface area contributed by atoms with Gasteiger partial charge in [-0.05, 0) is 61.2 Å². The molecule has 0 spiro atoms. The number of thiocarbonyl (C=S) groups is 1. The van der Waals surface area contributed by atoms with E-state index in [4.69, 9.17) is 12.2 Å². The van der Waals surface area contributed by atoms with Gasteiger partial charge in [-0.3, -0.25) is 10.4 Å². The lowest BCUT2D eigenvalue weighted by molar-refractivity contribution is 0.246. The SMILES string of the molecule is S=C(N/N=C\c1cccnc1)N[C@@H]1C[C@@H]2C[C@@H]1[C@@H]1C=CC[C@@H]21. The maximum absolute atomic E-state index is 5.37. The van der Waals surface area contributed by atoms with Gasteiger partial charge in [0.15, 0.2) is 5.11 Å². The summed E-state index contributed by atoms with van der Waals surface area (Å²) in [5.41, 5.74) is 3.88. The summed E-state index contributed by atoms with van der Waals surface area (Å²) in [7, 11) is 0. The highest BCUT2D eigenvalue weighted by Gasteiger charge is 2.52. The number of pyridine rings is 1. The number of fused-ring (bicyclic) bond motifs is 5. The van der Waals surface area contributed by atoms with Gasteiger partial charge >= 0.3 is 0 Å². The van der Waals surface area contributed by atoms with Crippen molar-refractivity contribution >= 4 is 23.5 Å². The number of nitrogens with one attached hydrogen (secondary N) is 2. The second-order valence-corrected chi connectivity index (χ2v) is 6.94. The van der Waals surface area contributed by atoms with Crippen LogP contribution in [0.25, 0.3) is 0 Å². The lowest BCUT2D eigenvalue weighted by Gasteiger charge is -2.32. The molecule has 0 aromatic carbocycles. The molecule has 5 heteroatoms. The topological polar surface area (TPSA) is 49.3 Å². The smallest absolute Gasteiger partial charge is 0.187 e. The number of allylic oxidation sites excluding steroid dienone is 2. The highest BCUT2D eigenvalue weighted by molar-refractivity contribution is 7.80. The first-order chi connectivity index (χ1) is 10.8. The third-order valence-electron chi connectivity index (χ3n) is 5.39. The zero-order valence-electron chi connectivity index (χ0n) is 12.4. The molecule has 2 saturated carbocycles. The number of hydrogen-bond donors (Lipinski definition) is 2. The van der Waals surface area contributed by atoms with E-state index in [1.807, 2.05) is 12.1 Å². The van der Waals surface area contributed by atoms with Gasteiger partial charge in [-0.15, -0.1) is 0 Å². The minimum absolute atomic E-state index is 0.502. The van der Waals surface area contributed by atoms with Crippen LogP contribution in [0.1, 0.15) is 24.8 Å². The molecule has 4 nitrogen and oxygen atoms in total. The Hall–Kier alpha value is -1.75. The van der Waals surface area contributed by atoms with Crippen LogP contribution in [0.15, 0.2) is 41.8 Å². The average Bonchev–Trinajstić information content (AvgIpc) is 3.20. The van der Waals surface area contributed by atoms with Crippen molar-refractivity contribution < 1.29 is 0 Å². The Balaban J connectivity index is 1.30. The zero-order valence-corrected chi connectivity index (χ0v) is 13.2. The van der Waals surface area contributed by atoms with Crippen molar-refractivity contribution in [1.29, 1.82) is 0 Å². The first kappa shape index (κ1) is 13.9. The Morgan fingerprint density at radius 3 is 3.18 bits per heavy atom. The van der Waals surface area contributed by atoms with Gasteiger partial charge in [0.25, 0.3) is 0 Å². The van der Waals surface area contributed by atoms with E-state index >= 15 is 0 Å². The van der Waals surface area contributed by atoms with E-state index < -0.39 is 0 Å². The van der Waals surface area contributed by atoms with Gasteiger partial charge in [0.05, 0.1) is 6.21 Å². The minimum atomic E-state index is 0.502. The van der Waals surface area contributed by atoms with Crippen LogP contribution in [0.4, 0.5) is 0 Å². The monoisotopic (exact) mass is 312 g/mol. The van der Waals surface area contributed by atoms with Crippen LogP contribution in [0.3, 0.4) is 0 Å². The summed E-state index contributed by atoms with van der Waals surface area (Å²) in [6.45, 7) is 0. The van der Waals surface area contributed by atoms with Crippen LogP contribution in [0, 0.1) is 23.7 Å². The first-order valence-corrected chi connectivity index (χ1v) is 8.38. The summed E-state index contributed by atoms with van der Waals surface area (Å²) >= 11 is 5.37. The summed E-state index contributed by atoms with van der Waals surface area (Å²) in [5.74, 6) is 3.31. The lowest BCUT2D eigenvalue weighted by Crippen LogP contribution is -2.45. The van der Waals surface area contributed by atoms with E-state index in [-0.39, 0.29) is 0 Å². The van der Waals surface area contributed by atoms with Crippen LogP contribution in [-0.4, -0.2) is 22.4 Å². The zero-order chi connectivity index (χ0) is 14.9. The van der Waals surface area contributed by atoms with E-state index in [0.717, 1.165) is 29.2 Å². The lowest BCUT2D eigenvalue weighted by atomic mass is 9.79. The molecule has 0 saturated heterocycles. The maximum Gasteiger partial charge on any atom is 0.187 e. The van der Waals surface area contributed by atoms with Gasteiger partial charge in [-0.25, -0.2) is 0 Å². The molecular formula is C17H20N4S. The molecule has 3 aliphatic carbocycles.